The molecule has 1 aromatic carbocycles. The van der Waals surface area contributed by atoms with Gasteiger partial charge in [0.05, 0.1) is 30.5 Å². The minimum absolute atomic E-state index is 0.220. The molecule has 0 unspecified atom stereocenters. The predicted octanol–water partition coefficient (Wildman–Crippen LogP) is 3.18. The number of rotatable bonds is 4. The number of hydrogen-bond acceptors (Lipinski definition) is 6. The molecule has 0 saturated heterocycles. The van der Waals surface area contributed by atoms with Crippen LogP contribution in [0, 0.1) is 5.92 Å². The average Bonchev–Trinajstić information content (AvgIpc) is 2.68. The van der Waals surface area contributed by atoms with E-state index in [4.69, 9.17) is 9.57 Å². The highest BCUT2D eigenvalue weighted by Crippen LogP contribution is 2.31. The normalized spacial score (nSPS) is 21.8. The highest BCUT2D eigenvalue weighted by atomic mass is 16.7. The Balaban J connectivity index is 1.69. The van der Waals surface area contributed by atoms with Crippen LogP contribution in [-0.4, -0.2) is 46.9 Å². The van der Waals surface area contributed by atoms with Crippen molar-refractivity contribution in [2.45, 2.75) is 57.8 Å². The Bertz CT molecular complexity index is 906. The number of benzene rings is 1. The summed E-state index contributed by atoms with van der Waals surface area (Å²) >= 11 is 0. The van der Waals surface area contributed by atoms with Gasteiger partial charge in [-0.3, -0.25) is 14.6 Å². The summed E-state index contributed by atoms with van der Waals surface area (Å²) < 4.78 is 5.25. The van der Waals surface area contributed by atoms with Crippen LogP contribution in [0.5, 0.6) is 0 Å². The Morgan fingerprint density at radius 3 is 2.60 bits per heavy atom. The number of hydrogen-bond donors (Lipinski definition) is 2. The van der Waals surface area contributed by atoms with Gasteiger partial charge in [0, 0.05) is 17.5 Å². The molecule has 0 bridgehead atoms. The van der Waals surface area contributed by atoms with Gasteiger partial charge >= 0.3 is 6.09 Å². The number of aliphatic hydroxyl groups is 1. The van der Waals surface area contributed by atoms with Crippen molar-refractivity contribution in [1.29, 1.82) is 0 Å². The van der Waals surface area contributed by atoms with Crippen LogP contribution in [0.25, 0.3) is 10.9 Å². The van der Waals surface area contributed by atoms with E-state index in [1.807, 2.05) is 24.3 Å². The van der Waals surface area contributed by atoms with E-state index in [9.17, 15) is 14.7 Å². The van der Waals surface area contributed by atoms with Crippen LogP contribution >= 0.6 is 0 Å². The monoisotopic (exact) mass is 415 g/mol. The molecular formula is C22H29N3O5. The van der Waals surface area contributed by atoms with Crippen LogP contribution < -0.4 is 10.4 Å². The van der Waals surface area contributed by atoms with Gasteiger partial charge in [-0.1, -0.05) is 18.2 Å². The summed E-state index contributed by atoms with van der Waals surface area (Å²) in [5.74, 6) is -0.680. The van der Waals surface area contributed by atoms with Crippen LogP contribution in [0.2, 0.25) is 0 Å². The van der Waals surface area contributed by atoms with Crippen molar-refractivity contribution in [3.05, 3.63) is 36.5 Å². The SMILES string of the molecule is CON(C(=O)[C@@H]1CC[C@@H](NC(=O)OC(C)(C)C)[C@H](O)C1)c1cccc2cccnc12. The minimum atomic E-state index is -0.857. The maximum absolute atomic E-state index is 13.2. The van der Waals surface area contributed by atoms with Gasteiger partial charge in [-0.05, 0) is 52.2 Å². The van der Waals surface area contributed by atoms with Gasteiger partial charge in [-0.25, -0.2) is 4.79 Å². The lowest BCUT2D eigenvalue weighted by atomic mass is 9.83. The maximum Gasteiger partial charge on any atom is 0.407 e. The van der Waals surface area contributed by atoms with Crippen molar-refractivity contribution >= 4 is 28.6 Å². The first-order chi connectivity index (χ1) is 14.2. The van der Waals surface area contributed by atoms with E-state index >= 15 is 0 Å². The minimum Gasteiger partial charge on any atom is -0.444 e. The fourth-order valence-corrected chi connectivity index (χ4v) is 3.72. The lowest BCUT2D eigenvalue weighted by Gasteiger charge is -2.35. The second-order valence-electron chi connectivity index (χ2n) is 8.50. The number of nitrogens with zero attached hydrogens (tertiary/aromatic N) is 2. The third-order valence-corrected chi connectivity index (χ3v) is 5.08. The Morgan fingerprint density at radius 1 is 1.20 bits per heavy atom. The lowest BCUT2D eigenvalue weighted by molar-refractivity contribution is -0.131. The van der Waals surface area contributed by atoms with Gasteiger partial charge in [0.2, 0.25) is 0 Å². The van der Waals surface area contributed by atoms with Crippen molar-refractivity contribution in [2.75, 3.05) is 12.2 Å². The molecule has 2 amide bonds. The number of amides is 2. The molecule has 0 aliphatic heterocycles. The highest BCUT2D eigenvalue weighted by molar-refractivity contribution is 6.01. The molecule has 1 aliphatic carbocycles. The Kier molecular flexibility index (Phi) is 6.58. The standard InChI is InChI=1S/C22H29N3O5/c1-22(2,3)30-21(28)24-16-11-10-15(13-18(16)26)20(27)25(29-4)17-9-5-7-14-8-6-12-23-19(14)17/h5-9,12,15-16,18,26H,10-11,13H2,1-4H3,(H,24,28)/t15-,16-,18-/m1/s1. The smallest absolute Gasteiger partial charge is 0.407 e. The topological polar surface area (TPSA) is 101 Å². The molecule has 2 aromatic rings. The summed E-state index contributed by atoms with van der Waals surface area (Å²) in [6, 6.07) is 8.83. The number of carbonyl (C=O) groups is 2. The molecule has 1 saturated carbocycles. The number of ether oxygens (including phenoxy) is 1. The van der Waals surface area contributed by atoms with Crippen molar-refractivity contribution < 1.29 is 24.3 Å². The van der Waals surface area contributed by atoms with Crippen LogP contribution in [0.4, 0.5) is 10.5 Å². The molecule has 1 aromatic heterocycles. The zero-order valence-corrected chi connectivity index (χ0v) is 17.8. The van der Waals surface area contributed by atoms with E-state index in [-0.39, 0.29) is 12.3 Å². The predicted molar refractivity (Wildman–Crippen MR) is 113 cm³/mol. The molecule has 8 heteroatoms. The van der Waals surface area contributed by atoms with Gasteiger partial charge in [0.1, 0.15) is 5.60 Å². The van der Waals surface area contributed by atoms with E-state index in [1.165, 1.54) is 12.2 Å². The maximum atomic E-state index is 13.2. The van der Waals surface area contributed by atoms with Crippen LogP contribution in [0.15, 0.2) is 36.5 Å². The van der Waals surface area contributed by atoms with Crippen molar-refractivity contribution in [3.8, 4) is 0 Å². The number of para-hydroxylation sites is 1. The van der Waals surface area contributed by atoms with Gasteiger partial charge in [-0.15, -0.1) is 0 Å². The molecule has 1 fully saturated rings. The fourth-order valence-electron chi connectivity index (χ4n) is 3.72. The lowest BCUT2D eigenvalue weighted by Crippen LogP contribution is -2.50. The summed E-state index contributed by atoms with van der Waals surface area (Å²) in [4.78, 5) is 35.0. The van der Waals surface area contributed by atoms with Crippen LogP contribution in [0.1, 0.15) is 40.0 Å². The number of anilines is 1. The molecule has 0 spiro atoms. The first-order valence-electron chi connectivity index (χ1n) is 10.1. The molecule has 3 rings (SSSR count). The number of pyridine rings is 1. The van der Waals surface area contributed by atoms with E-state index in [0.717, 1.165) is 5.39 Å². The van der Waals surface area contributed by atoms with E-state index in [1.54, 1.807) is 33.0 Å². The van der Waals surface area contributed by atoms with Crippen molar-refractivity contribution in [1.82, 2.24) is 10.3 Å². The second kappa shape index (κ2) is 8.97. The molecule has 0 radical (unpaired) electrons. The number of aromatic nitrogens is 1. The van der Waals surface area contributed by atoms with Crippen LogP contribution in [0.3, 0.4) is 0 Å². The molecule has 2 N–H and O–H groups in total. The summed E-state index contributed by atoms with van der Waals surface area (Å²) in [7, 11) is 1.44. The summed E-state index contributed by atoms with van der Waals surface area (Å²) in [5.41, 5.74) is 0.605. The summed E-state index contributed by atoms with van der Waals surface area (Å²) in [6.07, 6.45) is 1.43. The summed E-state index contributed by atoms with van der Waals surface area (Å²) in [5, 5.41) is 15.4. The Hall–Kier alpha value is -2.71. The van der Waals surface area contributed by atoms with Gasteiger partial charge in [0.15, 0.2) is 0 Å². The molecule has 8 nitrogen and oxygen atoms in total. The number of nitrogens with one attached hydrogen (secondary N) is 1. The van der Waals surface area contributed by atoms with Crippen molar-refractivity contribution in [3.63, 3.8) is 0 Å². The zero-order chi connectivity index (χ0) is 21.9. The Labute approximate surface area is 176 Å². The average molecular weight is 415 g/mol. The number of hydroxylamine groups is 1. The molecule has 1 aliphatic rings. The number of fused-ring (bicyclic) bond motifs is 1. The van der Waals surface area contributed by atoms with Gasteiger partial charge in [0.25, 0.3) is 5.91 Å². The fraction of sp³-hybridized carbons (Fsp3) is 0.500. The number of alkyl carbamates (subject to hydrolysis) is 1. The van der Waals surface area contributed by atoms with Gasteiger partial charge in [-0.2, -0.15) is 5.06 Å². The summed E-state index contributed by atoms with van der Waals surface area (Å²) in [6.45, 7) is 5.33. The third-order valence-electron chi connectivity index (χ3n) is 5.08. The van der Waals surface area contributed by atoms with E-state index in [2.05, 4.69) is 10.3 Å². The van der Waals surface area contributed by atoms with E-state index < -0.39 is 29.8 Å². The number of aliphatic hydroxyl groups excluding tert-OH is 1. The third kappa shape index (κ3) is 5.06. The number of carbonyl (C=O) groups excluding carboxylic acids is 2. The Morgan fingerprint density at radius 2 is 1.93 bits per heavy atom. The molecule has 1 heterocycles. The first kappa shape index (κ1) is 22.0. The zero-order valence-electron chi connectivity index (χ0n) is 17.8. The van der Waals surface area contributed by atoms with Crippen LogP contribution in [-0.2, 0) is 14.4 Å². The molecule has 30 heavy (non-hydrogen) atoms. The van der Waals surface area contributed by atoms with E-state index in [0.29, 0.717) is 24.0 Å². The molecule has 3 atom stereocenters. The highest BCUT2D eigenvalue weighted by Gasteiger charge is 2.37. The molecular weight excluding hydrogens is 386 g/mol. The largest absolute Gasteiger partial charge is 0.444 e. The first-order valence-corrected chi connectivity index (χ1v) is 10.1. The molecule has 162 valence electrons. The van der Waals surface area contributed by atoms with Crippen molar-refractivity contribution in [2.24, 2.45) is 5.92 Å². The quantitative estimate of drug-likeness (QED) is 0.744. The van der Waals surface area contributed by atoms with Gasteiger partial charge < -0.3 is 15.2 Å². The second-order valence-corrected chi connectivity index (χ2v) is 8.50.